The van der Waals surface area contributed by atoms with Crippen LogP contribution in [0.25, 0.3) is 10.9 Å². The fraction of sp³-hybridized carbons (Fsp3) is 0.227. The highest BCUT2D eigenvalue weighted by Crippen LogP contribution is 2.41. The third-order valence-electron chi connectivity index (χ3n) is 5.42. The molecule has 9 nitrogen and oxygen atoms in total. The fourth-order valence-electron chi connectivity index (χ4n) is 4.02. The molecule has 170 valence electrons. The van der Waals surface area contributed by atoms with E-state index in [9.17, 15) is 13.2 Å². The molecule has 0 spiro atoms. The van der Waals surface area contributed by atoms with Crippen LogP contribution in [0.4, 0.5) is 5.69 Å². The summed E-state index contributed by atoms with van der Waals surface area (Å²) in [5, 5.41) is 6.91. The number of nitrogens with one attached hydrogen (secondary N) is 1. The topological polar surface area (TPSA) is 110 Å². The highest BCUT2D eigenvalue weighted by atomic mass is 35.5. The highest BCUT2D eigenvalue weighted by molar-refractivity contribution is 7.92. The number of nitrogens with zero attached hydrogens (tertiary/aromatic N) is 3. The van der Waals surface area contributed by atoms with Gasteiger partial charge in [-0.3, -0.25) is 9.52 Å². The van der Waals surface area contributed by atoms with E-state index in [2.05, 4.69) is 14.8 Å². The molecule has 0 radical (unpaired) electrons. The molecule has 33 heavy (non-hydrogen) atoms. The molecule has 1 N–H and O–H groups in total. The van der Waals surface area contributed by atoms with Gasteiger partial charge in [-0.25, -0.2) is 18.4 Å². The van der Waals surface area contributed by atoms with Gasteiger partial charge in [0.1, 0.15) is 5.15 Å². The molecule has 0 aliphatic carbocycles. The Morgan fingerprint density at radius 2 is 1.91 bits per heavy atom. The number of hydrogen-bond acceptors (Lipinski definition) is 7. The molecule has 5 rings (SSSR count). The molecule has 3 aromatic rings. The Morgan fingerprint density at radius 3 is 2.64 bits per heavy atom. The standard InChI is InChI=1S/C22H19ClN4O5S/c1-12(28)27-19(9-18(25-27)14-5-3-4-6-16(14)26-33(2,29)30)15-7-13-8-20-21(32-11-31-20)10-17(13)24-22(15)23/h3-8,10,19,26H,9,11H2,1-2H3. The lowest BCUT2D eigenvalue weighted by atomic mass is 9.97. The van der Waals surface area contributed by atoms with Gasteiger partial charge in [-0.15, -0.1) is 0 Å². The predicted molar refractivity (Wildman–Crippen MR) is 124 cm³/mol. The number of ether oxygens (including phenoxy) is 2. The first kappa shape index (κ1) is 21.5. The van der Waals surface area contributed by atoms with Gasteiger partial charge in [0, 0.05) is 35.9 Å². The molecular formula is C22H19ClN4O5S. The van der Waals surface area contributed by atoms with E-state index in [1.807, 2.05) is 12.1 Å². The van der Waals surface area contributed by atoms with Gasteiger partial charge in [-0.05, 0) is 18.2 Å². The van der Waals surface area contributed by atoms with Gasteiger partial charge >= 0.3 is 0 Å². The average Bonchev–Trinajstić information content (AvgIpc) is 3.37. The minimum Gasteiger partial charge on any atom is -0.454 e. The monoisotopic (exact) mass is 486 g/mol. The number of carbonyl (C=O) groups is 1. The van der Waals surface area contributed by atoms with Gasteiger partial charge in [0.25, 0.3) is 0 Å². The van der Waals surface area contributed by atoms with Crippen molar-refractivity contribution in [3.63, 3.8) is 0 Å². The molecule has 1 aromatic heterocycles. The number of pyridine rings is 1. The van der Waals surface area contributed by atoms with Gasteiger partial charge in [-0.1, -0.05) is 29.8 Å². The first-order valence-corrected chi connectivity index (χ1v) is 12.3. The first-order chi connectivity index (χ1) is 15.7. The molecule has 2 aromatic carbocycles. The van der Waals surface area contributed by atoms with Crippen LogP contribution >= 0.6 is 11.6 Å². The Labute approximate surface area is 195 Å². The molecule has 0 saturated heterocycles. The van der Waals surface area contributed by atoms with Crippen LogP contribution in [-0.2, 0) is 14.8 Å². The van der Waals surface area contributed by atoms with Crippen LogP contribution < -0.4 is 14.2 Å². The number of hydrazone groups is 1. The van der Waals surface area contributed by atoms with Gasteiger partial charge < -0.3 is 9.47 Å². The SMILES string of the molecule is CC(=O)N1N=C(c2ccccc2NS(C)(=O)=O)CC1c1cc2cc3c(cc2nc1Cl)OCO3. The Kier molecular flexibility index (Phi) is 5.13. The summed E-state index contributed by atoms with van der Waals surface area (Å²) in [5.41, 5.74) is 2.81. The molecule has 2 aliphatic heterocycles. The van der Waals surface area contributed by atoms with Crippen LogP contribution in [0.5, 0.6) is 11.5 Å². The lowest BCUT2D eigenvalue weighted by Gasteiger charge is -2.21. The number of sulfonamides is 1. The largest absolute Gasteiger partial charge is 0.454 e. The molecule has 2 aliphatic rings. The van der Waals surface area contributed by atoms with Crippen LogP contribution in [0, 0.1) is 0 Å². The maximum Gasteiger partial charge on any atom is 0.240 e. The van der Waals surface area contributed by atoms with Crippen molar-refractivity contribution in [2.24, 2.45) is 5.10 Å². The normalized spacial score (nSPS) is 17.4. The number of aromatic nitrogens is 1. The zero-order chi connectivity index (χ0) is 23.3. The van der Waals surface area contributed by atoms with Crippen molar-refractivity contribution >= 4 is 49.8 Å². The van der Waals surface area contributed by atoms with Crippen LogP contribution in [0.2, 0.25) is 5.15 Å². The number of anilines is 1. The van der Waals surface area contributed by atoms with E-state index < -0.39 is 16.1 Å². The summed E-state index contributed by atoms with van der Waals surface area (Å²) in [6.07, 6.45) is 1.41. The number of halogens is 1. The van der Waals surface area contributed by atoms with E-state index in [4.69, 9.17) is 21.1 Å². The average molecular weight is 487 g/mol. The fourth-order valence-corrected chi connectivity index (χ4v) is 4.87. The molecule has 3 heterocycles. The number of fused-ring (bicyclic) bond motifs is 2. The second-order valence-electron chi connectivity index (χ2n) is 7.82. The number of benzene rings is 2. The smallest absolute Gasteiger partial charge is 0.240 e. The van der Waals surface area contributed by atoms with Crippen molar-refractivity contribution < 1.29 is 22.7 Å². The summed E-state index contributed by atoms with van der Waals surface area (Å²) in [6, 6.07) is 11.9. The summed E-state index contributed by atoms with van der Waals surface area (Å²) in [6.45, 7) is 1.56. The van der Waals surface area contributed by atoms with E-state index in [1.165, 1.54) is 11.9 Å². The van der Waals surface area contributed by atoms with Crippen molar-refractivity contribution in [3.8, 4) is 11.5 Å². The van der Waals surface area contributed by atoms with Crippen LogP contribution in [0.1, 0.15) is 30.5 Å². The lowest BCUT2D eigenvalue weighted by Crippen LogP contribution is -2.24. The van der Waals surface area contributed by atoms with E-state index in [-0.39, 0.29) is 17.9 Å². The zero-order valence-corrected chi connectivity index (χ0v) is 19.3. The molecule has 0 bridgehead atoms. The maximum atomic E-state index is 12.5. The summed E-state index contributed by atoms with van der Waals surface area (Å²) in [7, 11) is -3.50. The molecule has 11 heteroatoms. The summed E-state index contributed by atoms with van der Waals surface area (Å²) < 4.78 is 37.0. The molecule has 1 unspecified atom stereocenters. The number of carbonyl (C=O) groups excluding carboxylic acids is 1. The predicted octanol–water partition coefficient (Wildman–Crippen LogP) is 3.69. The van der Waals surface area contributed by atoms with Crippen molar-refractivity contribution in [3.05, 3.63) is 58.7 Å². The minimum atomic E-state index is -3.50. The zero-order valence-electron chi connectivity index (χ0n) is 17.7. The van der Waals surface area contributed by atoms with E-state index >= 15 is 0 Å². The van der Waals surface area contributed by atoms with Crippen LogP contribution in [0.15, 0.2) is 47.6 Å². The van der Waals surface area contributed by atoms with Crippen molar-refractivity contribution in [1.29, 1.82) is 0 Å². The van der Waals surface area contributed by atoms with Gasteiger partial charge in [0.15, 0.2) is 11.5 Å². The Bertz CT molecular complexity index is 1440. The molecule has 0 saturated carbocycles. The summed E-state index contributed by atoms with van der Waals surface area (Å²) >= 11 is 6.55. The van der Waals surface area contributed by atoms with Crippen LogP contribution in [0.3, 0.4) is 0 Å². The third kappa shape index (κ3) is 4.07. The number of hydrogen-bond donors (Lipinski definition) is 1. The second-order valence-corrected chi connectivity index (χ2v) is 9.92. The van der Waals surface area contributed by atoms with Crippen LogP contribution in [-0.4, -0.2) is 43.1 Å². The molecule has 1 amide bonds. The lowest BCUT2D eigenvalue weighted by molar-refractivity contribution is -0.130. The molecule has 0 fully saturated rings. The van der Waals surface area contributed by atoms with Crippen molar-refractivity contribution in [2.45, 2.75) is 19.4 Å². The van der Waals surface area contributed by atoms with Gasteiger partial charge in [0.05, 0.1) is 29.2 Å². The van der Waals surface area contributed by atoms with Gasteiger partial charge in [0.2, 0.25) is 22.7 Å². The van der Waals surface area contributed by atoms with E-state index in [0.29, 0.717) is 46.0 Å². The quantitative estimate of drug-likeness (QED) is 0.563. The number of rotatable bonds is 4. The second kappa shape index (κ2) is 7.89. The van der Waals surface area contributed by atoms with Crippen molar-refractivity contribution in [2.75, 3.05) is 17.8 Å². The third-order valence-corrected chi connectivity index (χ3v) is 6.31. The highest BCUT2D eigenvalue weighted by Gasteiger charge is 2.34. The Balaban J connectivity index is 1.56. The molecule has 1 atom stereocenters. The maximum absolute atomic E-state index is 12.5. The van der Waals surface area contributed by atoms with E-state index in [1.54, 1.807) is 30.3 Å². The summed E-state index contributed by atoms with van der Waals surface area (Å²) in [4.78, 5) is 17.0. The minimum absolute atomic E-state index is 0.144. The first-order valence-electron chi connectivity index (χ1n) is 10.0. The number of para-hydroxylation sites is 1. The Morgan fingerprint density at radius 1 is 1.18 bits per heavy atom. The van der Waals surface area contributed by atoms with Gasteiger partial charge in [-0.2, -0.15) is 5.10 Å². The van der Waals surface area contributed by atoms with E-state index in [0.717, 1.165) is 11.6 Å². The molecular weight excluding hydrogens is 468 g/mol. The Hall–Kier alpha value is -3.37. The van der Waals surface area contributed by atoms with Crippen molar-refractivity contribution in [1.82, 2.24) is 9.99 Å². The summed E-state index contributed by atoms with van der Waals surface area (Å²) in [5.74, 6) is 0.946. The number of amides is 1.